The molecule has 0 aromatic heterocycles. The minimum atomic E-state index is -0.185. The van der Waals surface area contributed by atoms with Crippen LogP contribution in [0.5, 0.6) is 17.2 Å². The van der Waals surface area contributed by atoms with E-state index in [1.165, 1.54) is 6.08 Å². The Bertz CT molecular complexity index is 799. The molecule has 0 aliphatic rings. The Morgan fingerprint density at radius 1 is 0.963 bits per heavy atom. The van der Waals surface area contributed by atoms with Crippen LogP contribution < -0.4 is 19.5 Å². The highest BCUT2D eigenvalue weighted by Gasteiger charge is 2.13. The standard InChI is InChI=1S/C22H27NO4/c1-15(2)27-20-12-10-18(14-21(20)26-5)16(3)23-22(24)13-11-17-8-6-7-9-19(17)25-4/h6-16H,1-5H3,(H,23,24)/b13-11+. The van der Waals surface area contributed by atoms with Gasteiger partial charge in [-0.05, 0) is 50.6 Å². The summed E-state index contributed by atoms with van der Waals surface area (Å²) in [4.78, 5) is 12.3. The fraction of sp³-hybridized carbons (Fsp3) is 0.318. The van der Waals surface area contributed by atoms with E-state index in [-0.39, 0.29) is 18.1 Å². The van der Waals surface area contributed by atoms with Crippen molar-refractivity contribution in [1.29, 1.82) is 0 Å². The predicted molar refractivity (Wildman–Crippen MR) is 107 cm³/mol. The molecule has 1 amide bonds. The maximum atomic E-state index is 12.3. The molecular weight excluding hydrogens is 342 g/mol. The van der Waals surface area contributed by atoms with Gasteiger partial charge in [0.15, 0.2) is 11.5 Å². The highest BCUT2D eigenvalue weighted by atomic mass is 16.5. The van der Waals surface area contributed by atoms with Gasteiger partial charge in [-0.15, -0.1) is 0 Å². The molecule has 0 spiro atoms. The molecular formula is C22H27NO4. The van der Waals surface area contributed by atoms with E-state index in [0.717, 1.165) is 16.9 Å². The third-order valence-corrected chi connectivity index (χ3v) is 3.96. The van der Waals surface area contributed by atoms with Crippen molar-refractivity contribution in [1.82, 2.24) is 5.32 Å². The van der Waals surface area contributed by atoms with E-state index in [2.05, 4.69) is 5.32 Å². The molecule has 0 fully saturated rings. The van der Waals surface area contributed by atoms with Gasteiger partial charge in [-0.3, -0.25) is 4.79 Å². The fourth-order valence-corrected chi connectivity index (χ4v) is 2.62. The molecule has 0 aliphatic heterocycles. The fourth-order valence-electron chi connectivity index (χ4n) is 2.62. The zero-order valence-electron chi connectivity index (χ0n) is 16.5. The summed E-state index contributed by atoms with van der Waals surface area (Å²) in [6.07, 6.45) is 3.30. The van der Waals surface area contributed by atoms with Crippen molar-refractivity contribution < 1.29 is 19.0 Å². The van der Waals surface area contributed by atoms with Crippen LogP contribution in [0, 0.1) is 0 Å². The van der Waals surface area contributed by atoms with Crippen molar-refractivity contribution in [2.75, 3.05) is 14.2 Å². The molecule has 1 N–H and O–H groups in total. The van der Waals surface area contributed by atoms with Crippen molar-refractivity contribution in [3.63, 3.8) is 0 Å². The summed E-state index contributed by atoms with van der Waals surface area (Å²) in [5.74, 6) is 1.87. The highest BCUT2D eigenvalue weighted by Crippen LogP contribution is 2.31. The zero-order chi connectivity index (χ0) is 19.8. The van der Waals surface area contributed by atoms with E-state index in [0.29, 0.717) is 11.5 Å². The first kappa shape index (κ1) is 20.4. The van der Waals surface area contributed by atoms with Crippen LogP contribution in [0.1, 0.15) is 37.9 Å². The number of hydrogen-bond donors (Lipinski definition) is 1. The first-order chi connectivity index (χ1) is 12.9. The summed E-state index contributed by atoms with van der Waals surface area (Å²) < 4.78 is 16.4. The maximum absolute atomic E-state index is 12.3. The van der Waals surface area contributed by atoms with Gasteiger partial charge in [0.05, 0.1) is 26.4 Å². The number of carbonyl (C=O) groups is 1. The van der Waals surface area contributed by atoms with Gasteiger partial charge in [-0.2, -0.15) is 0 Å². The summed E-state index contributed by atoms with van der Waals surface area (Å²) in [7, 11) is 3.21. The summed E-state index contributed by atoms with van der Waals surface area (Å²) in [5, 5.41) is 2.95. The summed E-state index contributed by atoms with van der Waals surface area (Å²) >= 11 is 0. The SMILES string of the molecule is COc1ccccc1/C=C/C(=O)NC(C)c1ccc(OC(C)C)c(OC)c1. The molecule has 27 heavy (non-hydrogen) atoms. The molecule has 2 rings (SSSR count). The Morgan fingerprint density at radius 3 is 2.33 bits per heavy atom. The van der Waals surface area contributed by atoms with Crippen LogP contribution in [-0.4, -0.2) is 26.2 Å². The smallest absolute Gasteiger partial charge is 0.244 e. The second-order valence-corrected chi connectivity index (χ2v) is 6.38. The van der Waals surface area contributed by atoms with Gasteiger partial charge in [0.1, 0.15) is 5.75 Å². The number of rotatable bonds is 8. The first-order valence-electron chi connectivity index (χ1n) is 8.90. The molecule has 1 atom stereocenters. The minimum Gasteiger partial charge on any atom is -0.496 e. The molecule has 0 bridgehead atoms. The quantitative estimate of drug-likeness (QED) is 0.702. The molecule has 5 heteroatoms. The largest absolute Gasteiger partial charge is 0.496 e. The van der Waals surface area contributed by atoms with E-state index >= 15 is 0 Å². The van der Waals surface area contributed by atoms with E-state index in [9.17, 15) is 4.79 Å². The maximum Gasteiger partial charge on any atom is 0.244 e. The van der Waals surface area contributed by atoms with Gasteiger partial charge in [-0.25, -0.2) is 0 Å². The lowest BCUT2D eigenvalue weighted by molar-refractivity contribution is -0.117. The van der Waals surface area contributed by atoms with Crippen molar-refractivity contribution in [2.45, 2.75) is 32.9 Å². The Labute approximate surface area is 161 Å². The van der Waals surface area contributed by atoms with Crippen molar-refractivity contribution in [2.24, 2.45) is 0 Å². The molecule has 2 aromatic rings. The van der Waals surface area contributed by atoms with Crippen molar-refractivity contribution >= 4 is 12.0 Å². The Kier molecular flexibility index (Phi) is 7.29. The van der Waals surface area contributed by atoms with Crippen molar-refractivity contribution in [3.05, 3.63) is 59.7 Å². The first-order valence-corrected chi connectivity index (χ1v) is 8.90. The number of carbonyl (C=O) groups excluding carboxylic acids is 1. The molecule has 1 unspecified atom stereocenters. The van der Waals surface area contributed by atoms with E-state index in [1.54, 1.807) is 20.3 Å². The molecule has 144 valence electrons. The summed E-state index contributed by atoms with van der Waals surface area (Å²) in [6.45, 7) is 5.85. The van der Waals surface area contributed by atoms with Gasteiger partial charge in [0, 0.05) is 11.6 Å². The van der Waals surface area contributed by atoms with Crippen LogP contribution in [0.25, 0.3) is 6.08 Å². The monoisotopic (exact) mass is 369 g/mol. The van der Waals surface area contributed by atoms with Crippen molar-refractivity contribution in [3.8, 4) is 17.2 Å². The van der Waals surface area contributed by atoms with E-state index in [1.807, 2.05) is 63.2 Å². The minimum absolute atomic E-state index is 0.0574. The van der Waals surface area contributed by atoms with Gasteiger partial charge in [0.2, 0.25) is 5.91 Å². The van der Waals surface area contributed by atoms with Gasteiger partial charge >= 0.3 is 0 Å². The lowest BCUT2D eigenvalue weighted by atomic mass is 10.1. The van der Waals surface area contributed by atoms with Crippen LogP contribution >= 0.6 is 0 Å². The molecule has 0 saturated heterocycles. The Hall–Kier alpha value is -2.95. The average Bonchev–Trinajstić information content (AvgIpc) is 2.66. The Balaban J connectivity index is 2.06. The van der Waals surface area contributed by atoms with Crippen LogP contribution in [-0.2, 0) is 4.79 Å². The number of benzene rings is 2. The van der Waals surface area contributed by atoms with E-state index in [4.69, 9.17) is 14.2 Å². The van der Waals surface area contributed by atoms with Gasteiger partial charge < -0.3 is 19.5 Å². The highest BCUT2D eigenvalue weighted by molar-refractivity contribution is 5.92. The van der Waals surface area contributed by atoms with Gasteiger partial charge in [0.25, 0.3) is 0 Å². The normalized spacial score (nSPS) is 12.1. The molecule has 0 heterocycles. The van der Waals surface area contributed by atoms with Crippen LogP contribution in [0.15, 0.2) is 48.5 Å². The van der Waals surface area contributed by atoms with Crippen LogP contribution in [0.2, 0.25) is 0 Å². The lowest BCUT2D eigenvalue weighted by Gasteiger charge is -2.17. The second-order valence-electron chi connectivity index (χ2n) is 6.38. The molecule has 5 nitrogen and oxygen atoms in total. The topological polar surface area (TPSA) is 56.8 Å². The number of amides is 1. The number of para-hydroxylation sites is 1. The number of hydrogen-bond acceptors (Lipinski definition) is 4. The summed E-state index contributed by atoms with van der Waals surface area (Å²) in [6, 6.07) is 13.0. The third kappa shape index (κ3) is 5.78. The number of methoxy groups -OCH3 is 2. The molecule has 0 aliphatic carbocycles. The lowest BCUT2D eigenvalue weighted by Crippen LogP contribution is -2.24. The summed E-state index contributed by atoms with van der Waals surface area (Å²) in [5.41, 5.74) is 1.78. The average molecular weight is 369 g/mol. The van der Waals surface area contributed by atoms with Crippen LogP contribution in [0.3, 0.4) is 0 Å². The van der Waals surface area contributed by atoms with Crippen LogP contribution in [0.4, 0.5) is 0 Å². The predicted octanol–water partition coefficient (Wildman–Crippen LogP) is 4.38. The molecule has 2 aromatic carbocycles. The second kappa shape index (κ2) is 9.67. The van der Waals surface area contributed by atoms with Gasteiger partial charge in [-0.1, -0.05) is 24.3 Å². The van der Waals surface area contributed by atoms with E-state index < -0.39 is 0 Å². The zero-order valence-corrected chi connectivity index (χ0v) is 16.5. The number of nitrogens with one attached hydrogen (secondary N) is 1. The molecule has 0 saturated carbocycles. The Morgan fingerprint density at radius 2 is 1.67 bits per heavy atom. The third-order valence-electron chi connectivity index (χ3n) is 3.96. The number of ether oxygens (including phenoxy) is 3. The molecule has 0 radical (unpaired) electrons.